The van der Waals surface area contributed by atoms with Gasteiger partial charge in [-0.2, -0.15) is 0 Å². The number of nitro groups is 1. The highest BCUT2D eigenvalue weighted by molar-refractivity contribution is 5.97. The van der Waals surface area contributed by atoms with Crippen molar-refractivity contribution in [3.8, 4) is 0 Å². The van der Waals surface area contributed by atoms with Crippen LogP contribution in [-0.2, 0) is 4.74 Å². The quantitative estimate of drug-likeness (QED) is 0.363. The second kappa shape index (κ2) is 7.31. The van der Waals surface area contributed by atoms with Gasteiger partial charge < -0.3 is 4.74 Å². The Morgan fingerprint density at radius 2 is 2.04 bits per heavy atom. The van der Waals surface area contributed by atoms with Crippen LogP contribution in [0.1, 0.15) is 28.4 Å². The van der Waals surface area contributed by atoms with Gasteiger partial charge in [-0.15, -0.1) is 0 Å². The molecule has 0 heterocycles. The van der Waals surface area contributed by atoms with Crippen molar-refractivity contribution in [3.63, 3.8) is 0 Å². The Bertz CT molecular complexity index is 769. The van der Waals surface area contributed by atoms with Crippen molar-refractivity contribution in [1.29, 1.82) is 0 Å². The van der Waals surface area contributed by atoms with Crippen LogP contribution in [0.15, 0.2) is 47.5 Å². The fraction of sp³-hybridized carbons (Fsp3) is 0.176. The molecule has 0 fully saturated rings. The van der Waals surface area contributed by atoms with Gasteiger partial charge in [0.05, 0.1) is 28.3 Å². The number of aryl methyl sites for hydroxylation is 1. The maximum absolute atomic E-state index is 11.9. The summed E-state index contributed by atoms with van der Waals surface area (Å²) >= 11 is 0. The van der Waals surface area contributed by atoms with Gasteiger partial charge in [0.2, 0.25) is 0 Å². The molecule has 2 rings (SSSR count). The van der Waals surface area contributed by atoms with Crippen LogP contribution in [-0.4, -0.2) is 23.7 Å². The summed E-state index contributed by atoms with van der Waals surface area (Å²) in [5, 5.41) is 11.1. The van der Waals surface area contributed by atoms with Gasteiger partial charge in [-0.1, -0.05) is 18.2 Å². The lowest BCUT2D eigenvalue weighted by Crippen LogP contribution is -2.04. The number of benzene rings is 2. The minimum atomic E-state index is -0.473. The molecule has 0 radical (unpaired) electrons. The van der Waals surface area contributed by atoms with Crippen LogP contribution in [0.2, 0.25) is 0 Å². The van der Waals surface area contributed by atoms with Crippen molar-refractivity contribution >= 4 is 23.6 Å². The van der Waals surface area contributed by atoms with Gasteiger partial charge in [0, 0.05) is 12.3 Å². The van der Waals surface area contributed by atoms with E-state index in [1.165, 1.54) is 12.3 Å². The van der Waals surface area contributed by atoms with Crippen molar-refractivity contribution in [2.24, 2.45) is 4.99 Å². The summed E-state index contributed by atoms with van der Waals surface area (Å²) in [5.74, 6) is -0.473. The highest BCUT2D eigenvalue weighted by Gasteiger charge is 2.13. The van der Waals surface area contributed by atoms with E-state index in [1.807, 2.05) is 6.92 Å². The highest BCUT2D eigenvalue weighted by atomic mass is 16.6. The summed E-state index contributed by atoms with van der Waals surface area (Å²) in [7, 11) is 0. The molecule has 0 saturated carbocycles. The van der Waals surface area contributed by atoms with Crippen molar-refractivity contribution < 1.29 is 14.5 Å². The molecule has 0 aliphatic carbocycles. The molecular formula is C17H16N2O4. The fourth-order valence-electron chi connectivity index (χ4n) is 2.05. The number of esters is 1. The second-order valence-electron chi connectivity index (χ2n) is 4.82. The van der Waals surface area contributed by atoms with Gasteiger partial charge in [-0.05, 0) is 37.6 Å². The molecule has 118 valence electrons. The minimum Gasteiger partial charge on any atom is -0.462 e. The molecule has 2 aromatic rings. The van der Waals surface area contributed by atoms with E-state index < -0.39 is 10.9 Å². The van der Waals surface area contributed by atoms with Crippen LogP contribution >= 0.6 is 0 Å². The number of ether oxygens (including phenoxy) is 1. The third-order valence-corrected chi connectivity index (χ3v) is 3.12. The zero-order valence-corrected chi connectivity index (χ0v) is 12.9. The topological polar surface area (TPSA) is 81.8 Å². The average Bonchev–Trinajstić information content (AvgIpc) is 2.53. The van der Waals surface area contributed by atoms with Crippen LogP contribution in [0.25, 0.3) is 0 Å². The van der Waals surface area contributed by atoms with Gasteiger partial charge in [0.15, 0.2) is 0 Å². The molecule has 23 heavy (non-hydrogen) atoms. The summed E-state index contributed by atoms with van der Waals surface area (Å²) in [6.07, 6.45) is 1.39. The van der Waals surface area contributed by atoms with Gasteiger partial charge in [-0.25, -0.2) is 4.79 Å². The standard InChI is InChI=1S/C17H16N2O4/c1-3-23-17(20)14-6-4-5-7-15(14)18-11-13-10-12(2)8-9-16(13)19(21)22/h4-11H,3H2,1-2H3. The highest BCUT2D eigenvalue weighted by Crippen LogP contribution is 2.22. The monoisotopic (exact) mass is 312 g/mol. The smallest absolute Gasteiger partial charge is 0.340 e. The molecule has 0 atom stereocenters. The second-order valence-corrected chi connectivity index (χ2v) is 4.82. The van der Waals surface area contributed by atoms with Crippen LogP contribution < -0.4 is 0 Å². The average molecular weight is 312 g/mol. The van der Waals surface area contributed by atoms with Gasteiger partial charge in [0.1, 0.15) is 0 Å². The van der Waals surface area contributed by atoms with E-state index in [4.69, 9.17) is 4.74 Å². The van der Waals surface area contributed by atoms with Crippen LogP contribution in [0, 0.1) is 17.0 Å². The Morgan fingerprint density at radius 3 is 2.74 bits per heavy atom. The van der Waals surface area contributed by atoms with Crippen molar-refractivity contribution in [1.82, 2.24) is 0 Å². The summed E-state index contributed by atoms with van der Waals surface area (Å²) in [4.78, 5) is 26.7. The predicted octanol–water partition coefficient (Wildman–Crippen LogP) is 3.83. The van der Waals surface area contributed by atoms with E-state index in [2.05, 4.69) is 4.99 Å². The normalized spacial score (nSPS) is 10.7. The Balaban J connectivity index is 2.40. The first-order valence-corrected chi connectivity index (χ1v) is 7.08. The van der Waals surface area contributed by atoms with Gasteiger partial charge >= 0.3 is 5.97 Å². The first-order chi connectivity index (χ1) is 11.0. The van der Waals surface area contributed by atoms with E-state index in [0.29, 0.717) is 16.8 Å². The third-order valence-electron chi connectivity index (χ3n) is 3.12. The number of hydrogen-bond donors (Lipinski definition) is 0. The molecule has 6 nitrogen and oxygen atoms in total. The number of nitrogens with zero attached hydrogens (tertiary/aromatic N) is 2. The van der Waals surface area contributed by atoms with E-state index in [-0.39, 0.29) is 12.3 Å². The Kier molecular flexibility index (Phi) is 5.19. The number of rotatable bonds is 5. The van der Waals surface area contributed by atoms with Gasteiger partial charge in [-0.3, -0.25) is 15.1 Å². The zero-order valence-electron chi connectivity index (χ0n) is 12.9. The maximum Gasteiger partial charge on any atom is 0.340 e. The first kappa shape index (κ1) is 16.4. The summed E-state index contributed by atoms with van der Waals surface area (Å²) < 4.78 is 4.98. The Morgan fingerprint density at radius 1 is 1.30 bits per heavy atom. The molecule has 0 spiro atoms. The lowest BCUT2D eigenvalue weighted by molar-refractivity contribution is -0.385. The zero-order chi connectivity index (χ0) is 16.8. The molecular weight excluding hydrogens is 296 g/mol. The molecule has 0 saturated heterocycles. The molecule has 0 aliphatic heterocycles. The van der Waals surface area contributed by atoms with Crippen LogP contribution in [0.3, 0.4) is 0 Å². The number of para-hydroxylation sites is 1. The fourth-order valence-corrected chi connectivity index (χ4v) is 2.05. The lowest BCUT2D eigenvalue weighted by Gasteiger charge is -2.05. The first-order valence-electron chi connectivity index (χ1n) is 7.08. The number of aliphatic imine (C=N–C) groups is 1. The minimum absolute atomic E-state index is 0.0343. The van der Waals surface area contributed by atoms with Crippen molar-refractivity contribution in [2.45, 2.75) is 13.8 Å². The van der Waals surface area contributed by atoms with E-state index in [9.17, 15) is 14.9 Å². The molecule has 6 heteroatoms. The summed E-state index contributed by atoms with van der Waals surface area (Å²) in [5.41, 5.74) is 1.96. The number of nitro benzene ring substituents is 1. The van der Waals surface area contributed by atoms with E-state index >= 15 is 0 Å². The third kappa shape index (κ3) is 4.00. The van der Waals surface area contributed by atoms with E-state index in [0.717, 1.165) is 5.56 Å². The van der Waals surface area contributed by atoms with Crippen molar-refractivity contribution in [2.75, 3.05) is 6.61 Å². The van der Waals surface area contributed by atoms with Crippen molar-refractivity contribution in [3.05, 3.63) is 69.3 Å². The number of carbonyl (C=O) groups is 1. The SMILES string of the molecule is CCOC(=O)c1ccccc1N=Cc1cc(C)ccc1[N+](=O)[O-]. The number of hydrogen-bond acceptors (Lipinski definition) is 5. The molecule has 0 aromatic heterocycles. The molecule has 0 unspecified atom stereocenters. The molecule has 0 bridgehead atoms. The number of carbonyl (C=O) groups excluding carboxylic acids is 1. The molecule has 0 amide bonds. The van der Waals surface area contributed by atoms with Crippen LogP contribution in [0.5, 0.6) is 0 Å². The molecule has 0 N–H and O–H groups in total. The largest absolute Gasteiger partial charge is 0.462 e. The summed E-state index contributed by atoms with van der Waals surface area (Å²) in [6, 6.07) is 11.5. The predicted molar refractivity (Wildman–Crippen MR) is 87.5 cm³/mol. The molecule has 2 aromatic carbocycles. The summed E-state index contributed by atoms with van der Waals surface area (Å²) in [6.45, 7) is 3.83. The Labute approximate surface area is 133 Å². The van der Waals surface area contributed by atoms with Gasteiger partial charge in [0.25, 0.3) is 5.69 Å². The van der Waals surface area contributed by atoms with E-state index in [1.54, 1.807) is 43.3 Å². The molecule has 0 aliphatic rings. The Hall–Kier alpha value is -3.02. The maximum atomic E-state index is 11.9. The lowest BCUT2D eigenvalue weighted by atomic mass is 10.1. The van der Waals surface area contributed by atoms with Crippen LogP contribution in [0.4, 0.5) is 11.4 Å².